The summed E-state index contributed by atoms with van der Waals surface area (Å²) in [5.41, 5.74) is 0.00535. The van der Waals surface area contributed by atoms with Gasteiger partial charge in [0.15, 0.2) is 0 Å². The van der Waals surface area contributed by atoms with Gasteiger partial charge in [-0.05, 0) is 13.8 Å². The topological polar surface area (TPSA) is 75.7 Å². The average Bonchev–Trinajstić information content (AvgIpc) is 1.85. The molecule has 0 rings (SSSR count). The third-order valence-corrected chi connectivity index (χ3v) is 1.79. The fraction of sp³-hybridized carbons (Fsp3) is 0.500. The van der Waals surface area contributed by atoms with Crippen LogP contribution >= 0.6 is 7.82 Å². The first kappa shape index (κ1) is 15.8. The molecule has 0 saturated heterocycles. The van der Waals surface area contributed by atoms with E-state index in [1.165, 1.54) is 13.8 Å². The summed E-state index contributed by atoms with van der Waals surface area (Å²) in [6, 6.07) is 0. The molecule has 0 aliphatic carbocycles. The van der Waals surface area contributed by atoms with E-state index in [1.54, 1.807) is 0 Å². The van der Waals surface area contributed by atoms with Crippen LogP contribution in [0.1, 0.15) is 13.8 Å². The Balaban J connectivity index is 0. The molecule has 0 spiro atoms. The molecule has 13 heavy (non-hydrogen) atoms. The molecule has 0 saturated carbocycles. The molecule has 0 N–H and O–H groups in total. The molecule has 1 unspecified atom stereocenters. The molecule has 5 nitrogen and oxygen atoms in total. The third kappa shape index (κ3) is 7.43. The van der Waals surface area contributed by atoms with E-state index in [9.17, 15) is 14.3 Å². The number of hydrogen-bond donors (Lipinski definition) is 0. The van der Waals surface area contributed by atoms with Gasteiger partial charge in [-0.1, -0.05) is 6.58 Å². The van der Waals surface area contributed by atoms with E-state index in [0.29, 0.717) is 0 Å². The van der Waals surface area contributed by atoms with Crippen LogP contribution in [0.25, 0.3) is 0 Å². The fourth-order valence-corrected chi connectivity index (χ4v) is 1.09. The van der Waals surface area contributed by atoms with Crippen molar-refractivity contribution in [3.63, 3.8) is 0 Å². The smallest absolute Gasteiger partial charge is 0.746 e. The van der Waals surface area contributed by atoms with Crippen molar-refractivity contribution >= 4 is 13.8 Å². The summed E-state index contributed by atoms with van der Waals surface area (Å²) >= 11 is 0. The summed E-state index contributed by atoms with van der Waals surface area (Å²) in [5.74, 6) is -0.998. The molecule has 70 valence electrons. The Morgan fingerprint density at radius 2 is 2.08 bits per heavy atom. The summed E-state index contributed by atoms with van der Waals surface area (Å²) in [6.45, 7) is 5.96. The minimum atomic E-state index is -4.46. The standard InChI is InChI=1S/C6H11O5P.Na/c1-4-10-12(8,9)11-6(7)5(2)3;/h2,4H2,1,3H3,(H,8,9);/q;+1/p-1. The molecule has 0 aliphatic rings. The van der Waals surface area contributed by atoms with Crippen LogP contribution in [0.4, 0.5) is 0 Å². The van der Waals surface area contributed by atoms with E-state index >= 15 is 0 Å². The fourth-order valence-electron chi connectivity index (χ4n) is 0.364. The maximum Gasteiger partial charge on any atom is 1.00 e. The Kier molecular flexibility index (Phi) is 8.23. The van der Waals surface area contributed by atoms with Gasteiger partial charge in [0, 0.05) is 5.57 Å². The molecule has 0 fully saturated rings. The van der Waals surface area contributed by atoms with Gasteiger partial charge in [0.05, 0.1) is 6.61 Å². The number of hydrogen-bond acceptors (Lipinski definition) is 5. The van der Waals surface area contributed by atoms with E-state index in [2.05, 4.69) is 15.6 Å². The van der Waals surface area contributed by atoms with E-state index in [-0.39, 0.29) is 41.7 Å². The Morgan fingerprint density at radius 3 is 2.38 bits per heavy atom. The molecule has 0 aromatic rings. The van der Waals surface area contributed by atoms with Gasteiger partial charge in [0.25, 0.3) is 0 Å². The third-order valence-electron chi connectivity index (χ3n) is 0.830. The van der Waals surface area contributed by atoms with Crippen LogP contribution < -0.4 is 34.5 Å². The van der Waals surface area contributed by atoms with Gasteiger partial charge in [-0.25, -0.2) is 4.79 Å². The van der Waals surface area contributed by atoms with Gasteiger partial charge < -0.3 is 13.9 Å². The van der Waals surface area contributed by atoms with Gasteiger partial charge in [-0.3, -0.25) is 4.57 Å². The molecular weight excluding hydrogens is 206 g/mol. The van der Waals surface area contributed by atoms with Crippen LogP contribution in [0.2, 0.25) is 0 Å². The first-order valence-corrected chi connectivity index (χ1v) is 4.70. The molecule has 0 aromatic carbocycles. The zero-order valence-electron chi connectivity index (χ0n) is 7.90. The van der Waals surface area contributed by atoms with Gasteiger partial charge in [-0.2, -0.15) is 0 Å². The molecule has 7 heteroatoms. The van der Waals surface area contributed by atoms with Crippen molar-refractivity contribution in [3.8, 4) is 0 Å². The summed E-state index contributed by atoms with van der Waals surface area (Å²) in [7, 11) is -4.46. The summed E-state index contributed by atoms with van der Waals surface area (Å²) in [5, 5.41) is 0. The van der Waals surface area contributed by atoms with E-state index < -0.39 is 13.8 Å². The predicted molar refractivity (Wildman–Crippen MR) is 40.1 cm³/mol. The summed E-state index contributed by atoms with van der Waals surface area (Å²) in [4.78, 5) is 21.3. The SMILES string of the molecule is C=C(C)C(=O)OP(=O)([O-])OCC.[Na+]. The maximum atomic E-state index is 10.7. The second-order valence-corrected chi connectivity index (χ2v) is 3.36. The molecule has 0 heterocycles. The van der Waals surface area contributed by atoms with Crippen LogP contribution in [0.5, 0.6) is 0 Å². The molecule has 0 aliphatic heterocycles. The first-order chi connectivity index (χ1) is 5.39. The molecule has 0 radical (unpaired) electrons. The van der Waals surface area contributed by atoms with Crippen LogP contribution in [0.15, 0.2) is 12.2 Å². The predicted octanol–water partition coefficient (Wildman–Crippen LogP) is -2.39. The summed E-state index contributed by atoms with van der Waals surface area (Å²) in [6.07, 6.45) is 0. The van der Waals surface area contributed by atoms with E-state index in [1.807, 2.05) is 0 Å². The molecule has 1 atom stereocenters. The number of carbonyl (C=O) groups is 1. The minimum Gasteiger partial charge on any atom is -0.746 e. The largest absolute Gasteiger partial charge is 1.00 e. The van der Waals surface area contributed by atoms with Crippen molar-refractivity contribution in [1.82, 2.24) is 0 Å². The Hall–Kier alpha value is 0.360. The van der Waals surface area contributed by atoms with Crippen molar-refractivity contribution in [2.75, 3.05) is 6.61 Å². The minimum absolute atomic E-state index is 0. The van der Waals surface area contributed by atoms with Gasteiger partial charge >= 0.3 is 43.3 Å². The number of rotatable bonds is 4. The van der Waals surface area contributed by atoms with E-state index in [4.69, 9.17) is 0 Å². The van der Waals surface area contributed by atoms with Crippen LogP contribution in [-0.4, -0.2) is 12.6 Å². The number of phosphoric acid groups is 1. The second kappa shape index (κ2) is 6.76. The Bertz CT molecular complexity index is 239. The summed E-state index contributed by atoms with van der Waals surface area (Å²) < 4.78 is 18.8. The zero-order chi connectivity index (χ0) is 9.78. The van der Waals surface area contributed by atoms with Crippen molar-refractivity contribution < 1.29 is 52.9 Å². The van der Waals surface area contributed by atoms with Crippen LogP contribution in [-0.2, 0) is 18.4 Å². The van der Waals surface area contributed by atoms with Crippen molar-refractivity contribution in [2.24, 2.45) is 0 Å². The second-order valence-electron chi connectivity index (χ2n) is 2.02. The quantitative estimate of drug-likeness (QED) is 0.298. The Morgan fingerprint density at radius 1 is 1.62 bits per heavy atom. The number of phosphoric ester groups is 1. The molecule has 0 bridgehead atoms. The maximum absolute atomic E-state index is 10.7. The monoisotopic (exact) mass is 216 g/mol. The van der Waals surface area contributed by atoms with Crippen molar-refractivity contribution in [1.29, 1.82) is 0 Å². The van der Waals surface area contributed by atoms with Crippen LogP contribution in [0.3, 0.4) is 0 Å². The molecule has 0 amide bonds. The van der Waals surface area contributed by atoms with Gasteiger partial charge in [0.2, 0.25) is 0 Å². The normalized spacial score (nSPS) is 13.8. The van der Waals surface area contributed by atoms with Crippen molar-refractivity contribution in [2.45, 2.75) is 13.8 Å². The van der Waals surface area contributed by atoms with Crippen LogP contribution in [0, 0.1) is 0 Å². The van der Waals surface area contributed by atoms with Gasteiger partial charge in [0.1, 0.15) is 0 Å². The van der Waals surface area contributed by atoms with E-state index in [0.717, 1.165) is 0 Å². The zero-order valence-corrected chi connectivity index (χ0v) is 10.8. The first-order valence-electron chi connectivity index (χ1n) is 3.24. The number of carbonyl (C=O) groups excluding carboxylic acids is 1. The molecule has 0 aromatic heterocycles. The van der Waals surface area contributed by atoms with Crippen molar-refractivity contribution in [3.05, 3.63) is 12.2 Å². The van der Waals surface area contributed by atoms with Gasteiger partial charge in [-0.15, -0.1) is 0 Å². The Labute approximate surface area is 99.0 Å². The average molecular weight is 216 g/mol. The molecular formula is C6H10NaO5P.